The fraction of sp³-hybridized carbons (Fsp3) is 0.455. The van der Waals surface area contributed by atoms with Crippen LogP contribution in [-0.2, 0) is 15.1 Å². The molecule has 3 aromatic rings. The monoisotopic (exact) mass is 561 g/mol. The van der Waals surface area contributed by atoms with Crippen molar-refractivity contribution >= 4 is 22.7 Å². The molecule has 2 aliphatic carbocycles. The number of carbonyl (C=O) groups excluding carboxylic acids is 2. The summed E-state index contributed by atoms with van der Waals surface area (Å²) in [4.78, 5) is 26.8. The van der Waals surface area contributed by atoms with Gasteiger partial charge in [0, 0.05) is 56.1 Å². The van der Waals surface area contributed by atoms with Gasteiger partial charge in [-0.15, -0.1) is 6.42 Å². The lowest BCUT2D eigenvalue weighted by Crippen LogP contribution is -2.58. The van der Waals surface area contributed by atoms with E-state index in [1.165, 1.54) is 0 Å². The average Bonchev–Trinajstić information content (AvgIpc) is 3.61. The number of hydrogen-bond acceptors (Lipinski definition) is 5. The summed E-state index contributed by atoms with van der Waals surface area (Å²) >= 11 is 0. The van der Waals surface area contributed by atoms with Gasteiger partial charge in [-0.05, 0) is 54.5 Å². The van der Waals surface area contributed by atoms with Gasteiger partial charge in [0.2, 0.25) is 5.92 Å². The maximum atomic E-state index is 14.0. The van der Waals surface area contributed by atoms with Crippen LogP contribution >= 0.6 is 0 Å². The largest absolute Gasteiger partial charge is 0.451 e. The first-order valence-electron chi connectivity index (χ1n) is 14.2. The number of nitrogens with one attached hydrogen (secondary N) is 1. The molecule has 6 rings (SSSR count). The molecule has 2 N–H and O–H groups in total. The van der Waals surface area contributed by atoms with E-state index in [4.69, 9.17) is 15.6 Å². The zero-order valence-corrected chi connectivity index (χ0v) is 22.8. The number of carbonyl (C=O) groups is 2. The first kappa shape index (κ1) is 27.6. The number of ketones is 1. The van der Waals surface area contributed by atoms with Crippen LogP contribution in [0.5, 0.6) is 0 Å². The van der Waals surface area contributed by atoms with Crippen molar-refractivity contribution in [3.8, 4) is 23.5 Å². The molecule has 8 heteroatoms. The van der Waals surface area contributed by atoms with Crippen LogP contribution in [0.2, 0.25) is 0 Å². The van der Waals surface area contributed by atoms with Gasteiger partial charge in [0.1, 0.15) is 5.58 Å². The van der Waals surface area contributed by atoms with Crippen molar-refractivity contribution in [3.63, 3.8) is 0 Å². The summed E-state index contributed by atoms with van der Waals surface area (Å²) in [7, 11) is 0. The van der Waals surface area contributed by atoms with Gasteiger partial charge in [0.05, 0.1) is 11.1 Å². The van der Waals surface area contributed by atoms with Crippen molar-refractivity contribution in [2.24, 2.45) is 5.41 Å². The fourth-order valence-corrected chi connectivity index (χ4v) is 6.09. The Kier molecular flexibility index (Phi) is 6.79. The Morgan fingerprint density at radius 3 is 2.20 bits per heavy atom. The quantitative estimate of drug-likeness (QED) is 0.338. The van der Waals surface area contributed by atoms with Crippen LogP contribution in [0.3, 0.4) is 0 Å². The third-order valence-electron chi connectivity index (χ3n) is 9.20. The molecule has 0 bridgehead atoms. The predicted molar refractivity (Wildman–Crippen MR) is 149 cm³/mol. The first-order chi connectivity index (χ1) is 19.5. The number of terminal acetylenes is 1. The smallest absolute Gasteiger partial charge is 0.287 e. The molecular weight excluding hydrogens is 528 g/mol. The van der Waals surface area contributed by atoms with Crippen molar-refractivity contribution in [2.75, 3.05) is 13.2 Å². The van der Waals surface area contributed by atoms with E-state index in [-0.39, 0.29) is 30.8 Å². The van der Waals surface area contributed by atoms with E-state index in [0.717, 1.165) is 29.5 Å². The van der Waals surface area contributed by atoms with Gasteiger partial charge in [0.15, 0.2) is 11.5 Å². The highest BCUT2D eigenvalue weighted by Crippen LogP contribution is 2.50. The van der Waals surface area contributed by atoms with Gasteiger partial charge in [-0.2, -0.15) is 0 Å². The lowest BCUT2D eigenvalue weighted by atomic mass is 9.74. The second-order valence-corrected chi connectivity index (χ2v) is 12.0. The number of benzene rings is 2. The topological polar surface area (TPSA) is 88.8 Å². The molecule has 1 amide bonds. The molecule has 0 radical (unpaired) electrons. The first-order valence-corrected chi connectivity index (χ1v) is 14.2. The number of halogens is 2. The number of aliphatic hydroxyl groups is 1. The number of fused-ring (bicyclic) bond motifs is 1. The summed E-state index contributed by atoms with van der Waals surface area (Å²) in [5.41, 5.74) is 0.313. The predicted octanol–water partition coefficient (Wildman–Crippen LogP) is 6.15. The molecular formula is C33H33F2NO5. The Labute approximate surface area is 237 Å². The minimum absolute atomic E-state index is 0.0110. The van der Waals surface area contributed by atoms with Crippen molar-refractivity contribution in [1.82, 2.24) is 5.32 Å². The number of alkyl halides is 2. The minimum atomic E-state index is -2.87. The van der Waals surface area contributed by atoms with Crippen LogP contribution in [0.15, 0.2) is 52.9 Å². The van der Waals surface area contributed by atoms with Crippen molar-refractivity contribution in [3.05, 3.63) is 59.9 Å². The number of rotatable bonds is 7. The van der Waals surface area contributed by atoms with Crippen molar-refractivity contribution in [2.45, 2.75) is 74.8 Å². The van der Waals surface area contributed by atoms with E-state index in [2.05, 4.69) is 11.2 Å². The van der Waals surface area contributed by atoms with Crippen LogP contribution in [0.25, 0.3) is 22.1 Å². The van der Waals surface area contributed by atoms with E-state index < -0.39 is 41.2 Å². The van der Waals surface area contributed by atoms with Crippen LogP contribution in [0, 0.1) is 17.8 Å². The van der Waals surface area contributed by atoms with Gasteiger partial charge in [0.25, 0.3) is 5.91 Å². The van der Waals surface area contributed by atoms with E-state index in [0.29, 0.717) is 37.0 Å². The molecule has 1 aromatic heterocycles. The molecule has 6 nitrogen and oxygen atoms in total. The number of ether oxygens (including phenoxy) is 1. The van der Waals surface area contributed by atoms with Gasteiger partial charge in [-0.25, -0.2) is 8.78 Å². The summed E-state index contributed by atoms with van der Waals surface area (Å²) < 4.78 is 39.4. The Balaban J connectivity index is 1.21. The molecule has 0 spiro atoms. The van der Waals surface area contributed by atoms with Crippen molar-refractivity contribution in [1.29, 1.82) is 0 Å². The third kappa shape index (κ3) is 5.41. The summed E-state index contributed by atoms with van der Waals surface area (Å²) in [5.74, 6) is -1.07. The van der Waals surface area contributed by atoms with Crippen LogP contribution < -0.4 is 5.32 Å². The lowest BCUT2D eigenvalue weighted by Gasteiger charge is -2.39. The summed E-state index contributed by atoms with van der Waals surface area (Å²) in [6.07, 6.45) is 7.00. The molecule has 1 aliphatic heterocycles. The SMILES string of the molecule is C#CC1(CC(=O)C2(NC(=O)c3cc4ccc(-c5ccc(C6(O)CCOCC6)cc5)cc4o3)CCC(F)(F)CC2)CC1. The summed E-state index contributed by atoms with van der Waals surface area (Å²) in [6.45, 7) is 1.05. The highest BCUT2D eigenvalue weighted by molar-refractivity contribution is 6.01. The molecule has 2 aromatic carbocycles. The zero-order chi connectivity index (χ0) is 28.9. The number of amides is 1. The van der Waals surface area contributed by atoms with E-state index in [9.17, 15) is 23.5 Å². The highest BCUT2D eigenvalue weighted by atomic mass is 19.3. The van der Waals surface area contributed by atoms with Crippen LogP contribution in [0.4, 0.5) is 8.78 Å². The maximum absolute atomic E-state index is 14.0. The Morgan fingerprint density at radius 2 is 1.56 bits per heavy atom. The molecule has 41 heavy (non-hydrogen) atoms. The molecule has 3 aliphatic rings. The second-order valence-electron chi connectivity index (χ2n) is 12.0. The molecule has 2 heterocycles. The van der Waals surface area contributed by atoms with E-state index in [1.54, 1.807) is 6.07 Å². The van der Waals surface area contributed by atoms with Crippen molar-refractivity contribution < 1.29 is 32.6 Å². The van der Waals surface area contributed by atoms with Gasteiger partial charge in [-0.1, -0.05) is 42.3 Å². The Hall–Kier alpha value is -3.54. The zero-order valence-electron chi connectivity index (χ0n) is 22.8. The highest BCUT2D eigenvalue weighted by Gasteiger charge is 2.52. The normalized spacial score (nSPS) is 22.0. The molecule has 214 valence electrons. The maximum Gasteiger partial charge on any atom is 0.287 e. The number of Topliss-reactive ketones (excluding diaryl/α,β-unsaturated/α-hetero) is 1. The third-order valence-corrected chi connectivity index (χ3v) is 9.20. The average molecular weight is 562 g/mol. The van der Waals surface area contributed by atoms with Crippen LogP contribution in [0.1, 0.15) is 73.9 Å². The summed E-state index contributed by atoms with van der Waals surface area (Å²) in [5, 5.41) is 14.5. The molecule has 3 fully saturated rings. The lowest BCUT2D eigenvalue weighted by molar-refractivity contribution is -0.131. The Morgan fingerprint density at radius 1 is 0.902 bits per heavy atom. The molecule has 0 unspecified atom stereocenters. The van der Waals surface area contributed by atoms with Crippen LogP contribution in [-0.4, -0.2) is 41.5 Å². The van der Waals surface area contributed by atoms with E-state index >= 15 is 0 Å². The molecule has 1 saturated heterocycles. The van der Waals surface area contributed by atoms with E-state index in [1.807, 2.05) is 42.5 Å². The van der Waals surface area contributed by atoms with Gasteiger partial charge in [-0.3, -0.25) is 9.59 Å². The standard InChI is InChI=1S/C33H33F2NO5/c1-2-30(9-10-30)21-28(37)31(11-13-33(34,35)14-12-31)36-29(38)27-20-24-4-3-23(19-26(24)41-27)22-5-7-25(8-6-22)32(39)15-17-40-18-16-32/h1,3-8,19-20,39H,9-18,21H2,(H,36,38). The number of furan rings is 1. The second kappa shape index (κ2) is 10.1. The Bertz CT molecular complexity index is 1510. The van der Waals surface area contributed by atoms with Gasteiger partial charge >= 0.3 is 0 Å². The molecule has 2 saturated carbocycles. The minimum Gasteiger partial charge on any atom is -0.451 e. The van der Waals surface area contributed by atoms with Gasteiger partial charge < -0.3 is 19.6 Å². The summed E-state index contributed by atoms with van der Waals surface area (Å²) in [6, 6.07) is 14.9. The number of hydrogen-bond donors (Lipinski definition) is 2. The molecule has 0 atom stereocenters. The fourth-order valence-electron chi connectivity index (χ4n) is 6.09.